The van der Waals surface area contributed by atoms with Crippen molar-refractivity contribution in [1.82, 2.24) is 15.1 Å². The van der Waals surface area contributed by atoms with Crippen LogP contribution in [0.15, 0.2) is 41.2 Å². The Morgan fingerprint density at radius 2 is 2.07 bits per heavy atom. The van der Waals surface area contributed by atoms with Gasteiger partial charge in [0.05, 0.1) is 23.6 Å². The first-order chi connectivity index (χ1) is 13.1. The molecule has 4 rings (SSSR count). The van der Waals surface area contributed by atoms with E-state index in [1.807, 2.05) is 19.9 Å². The number of hydrogen-bond donors (Lipinski definition) is 1. The summed E-state index contributed by atoms with van der Waals surface area (Å²) in [5.74, 6) is 1.26. The quantitative estimate of drug-likeness (QED) is 0.766. The van der Waals surface area contributed by atoms with E-state index in [9.17, 15) is 4.79 Å². The van der Waals surface area contributed by atoms with Crippen molar-refractivity contribution in [3.8, 4) is 0 Å². The minimum atomic E-state index is -0.183. The average Bonchev–Trinajstić information content (AvgIpc) is 3.08. The monoisotopic (exact) mass is 363 g/mol. The number of pyridine rings is 2. The summed E-state index contributed by atoms with van der Waals surface area (Å²) in [6, 6.07) is 7.42. The topological polar surface area (TPSA) is 84.2 Å². The van der Waals surface area contributed by atoms with E-state index in [1.54, 1.807) is 24.5 Å². The fourth-order valence-electron chi connectivity index (χ4n) is 3.31. The number of carbonyl (C=O) groups excluding carboxylic acids is 1. The van der Waals surface area contributed by atoms with E-state index >= 15 is 0 Å². The van der Waals surface area contributed by atoms with Crippen molar-refractivity contribution in [1.29, 1.82) is 0 Å². The van der Waals surface area contributed by atoms with Gasteiger partial charge in [-0.3, -0.25) is 9.78 Å². The van der Waals surface area contributed by atoms with Crippen LogP contribution in [0.2, 0.25) is 0 Å². The number of nitrogens with one attached hydrogen (secondary N) is 1. The maximum Gasteiger partial charge on any atom is 0.256 e. The molecule has 138 valence electrons. The Balaban J connectivity index is 1.57. The molecule has 1 aliphatic rings. The van der Waals surface area contributed by atoms with E-state index in [-0.39, 0.29) is 5.91 Å². The molecule has 1 N–H and O–H groups in total. The molecule has 1 amide bonds. The Labute approximate surface area is 157 Å². The molecular formula is C20H21N5O2. The Hall–Kier alpha value is -3.22. The predicted molar refractivity (Wildman–Crippen MR) is 102 cm³/mol. The van der Waals surface area contributed by atoms with E-state index in [2.05, 4.69) is 26.4 Å². The van der Waals surface area contributed by atoms with Crippen molar-refractivity contribution < 1.29 is 9.32 Å². The minimum absolute atomic E-state index is 0.183. The first-order valence-corrected chi connectivity index (χ1v) is 8.99. The molecule has 3 aromatic heterocycles. The number of carbonyl (C=O) groups is 1. The molecule has 0 spiro atoms. The largest absolute Gasteiger partial charge is 0.362 e. The standard InChI is InChI=1S/C20H21N5O2/c1-13-10-18-17(4-3-9-25(18)12-16-11-14(2)24-27-16)22-19(13)23-20(26)15-5-7-21-8-6-15/h5-8,10-11H,3-4,9,12H2,1-2H3,(H,22,23,26). The van der Waals surface area contributed by atoms with Crippen LogP contribution in [0.3, 0.4) is 0 Å². The van der Waals surface area contributed by atoms with Crippen LogP contribution in [-0.4, -0.2) is 27.6 Å². The Bertz CT molecular complexity index is 968. The van der Waals surface area contributed by atoms with Crippen molar-refractivity contribution in [2.45, 2.75) is 33.2 Å². The van der Waals surface area contributed by atoms with Gasteiger partial charge in [-0.2, -0.15) is 0 Å². The summed E-state index contributed by atoms with van der Waals surface area (Å²) >= 11 is 0. The molecule has 0 bridgehead atoms. The lowest BCUT2D eigenvalue weighted by Gasteiger charge is -2.30. The van der Waals surface area contributed by atoms with Crippen LogP contribution in [0, 0.1) is 13.8 Å². The lowest BCUT2D eigenvalue weighted by atomic mass is 10.1. The van der Waals surface area contributed by atoms with Crippen LogP contribution < -0.4 is 10.2 Å². The molecule has 0 atom stereocenters. The highest BCUT2D eigenvalue weighted by Gasteiger charge is 2.22. The maximum absolute atomic E-state index is 12.4. The second kappa shape index (κ2) is 7.19. The summed E-state index contributed by atoms with van der Waals surface area (Å²) in [6.07, 6.45) is 5.10. The predicted octanol–water partition coefficient (Wildman–Crippen LogP) is 3.29. The first kappa shape index (κ1) is 17.2. The number of fused-ring (bicyclic) bond motifs is 1. The van der Waals surface area contributed by atoms with Gasteiger partial charge in [-0.15, -0.1) is 0 Å². The fraction of sp³-hybridized carbons (Fsp3) is 0.300. The number of anilines is 2. The van der Waals surface area contributed by atoms with E-state index in [0.29, 0.717) is 17.9 Å². The van der Waals surface area contributed by atoms with Crippen molar-refractivity contribution in [2.24, 2.45) is 0 Å². The third-order valence-corrected chi connectivity index (χ3v) is 4.65. The Morgan fingerprint density at radius 3 is 2.81 bits per heavy atom. The number of nitrogens with zero attached hydrogens (tertiary/aromatic N) is 4. The number of aryl methyl sites for hydroxylation is 3. The summed E-state index contributed by atoms with van der Waals surface area (Å²) in [5, 5.41) is 6.88. The molecule has 0 unspecified atom stereocenters. The molecule has 0 aromatic carbocycles. The summed E-state index contributed by atoms with van der Waals surface area (Å²) < 4.78 is 5.36. The highest BCUT2D eigenvalue weighted by atomic mass is 16.5. The third-order valence-electron chi connectivity index (χ3n) is 4.65. The second-order valence-electron chi connectivity index (χ2n) is 6.77. The van der Waals surface area contributed by atoms with Gasteiger partial charge in [0.25, 0.3) is 5.91 Å². The van der Waals surface area contributed by atoms with Crippen LogP contribution in [0.5, 0.6) is 0 Å². The second-order valence-corrected chi connectivity index (χ2v) is 6.77. The average molecular weight is 363 g/mol. The van der Waals surface area contributed by atoms with Crippen LogP contribution in [0.1, 0.15) is 39.5 Å². The van der Waals surface area contributed by atoms with Gasteiger partial charge in [-0.25, -0.2) is 4.98 Å². The molecule has 7 heteroatoms. The van der Waals surface area contributed by atoms with Crippen LogP contribution in [0.4, 0.5) is 11.5 Å². The van der Waals surface area contributed by atoms with Crippen LogP contribution in [0.25, 0.3) is 0 Å². The minimum Gasteiger partial charge on any atom is -0.362 e. The molecule has 0 aliphatic carbocycles. The molecule has 4 heterocycles. The van der Waals surface area contributed by atoms with Gasteiger partial charge in [0.1, 0.15) is 5.82 Å². The molecule has 27 heavy (non-hydrogen) atoms. The van der Waals surface area contributed by atoms with E-state index in [4.69, 9.17) is 9.51 Å². The molecule has 3 aromatic rings. The fourth-order valence-corrected chi connectivity index (χ4v) is 3.31. The zero-order valence-electron chi connectivity index (χ0n) is 15.4. The summed E-state index contributed by atoms with van der Waals surface area (Å²) in [7, 11) is 0. The summed E-state index contributed by atoms with van der Waals surface area (Å²) in [5.41, 5.74) is 4.46. The highest BCUT2D eigenvalue weighted by Crippen LogP contribution is 2.31. The smallest absolute Gasteiger partial charge is 0.256 e. The van der Waals surface area contributed by atoms with Crippen molar-refractivity contribution in [3.05, 3.63) is 64.9 Å². The molecule has 1 aliphatic heterocycles. The van der Waals surface area contributed by atoms with Gasteiger partial charge in [-0.1, -0.05) is 5.16 Å². The molecule has 7 nitrogen and oxygen atoms in total. The number of hydrogen-bond acceptors (Lipinski definition) is 6. The Morgan fingerprint density at radius 1 is 1.26 bits per heavy atom. The SMILES string of the molecule is Cc1cc(CN2CCCc3nc(NC(=O)c4ccncc4)c(C)cc32)on1. The lowest BCUT2D eigenvalue weighted by Crippen LogP contribution is -2.29. The molecule has 0 saturated heterocycles. The third kappa shape index (κ3) is 3.67. The van der Waals surface area contributed by atoms with Crippen molar-refractivity contribution in [2.75, 3.05) is 16.8 Å². The van der Waals surface area contributed by atoms with Gasteiger partial charge >= 0.3 is 0 Å². The molecular weight excluding hydrogens is 342 g/mol. The summed E-state index contributed by atoms with van der Waals surface area (Å²) in [6.45, 7) is 5.48. The zero-order chi connectivity index (χ0) is 18.8. The molecule has 0 saturated carbocycles. The first-order valence-electron chi connectivity index (χ1n) is 8.99. The number of aromatic nitrogens is 3. The van der Waals surface area contributed by atoms with Gasteiger partial charge in [0, 0.05) is 30.6 Å². The van der Waals surface area contributed by atoms with E-state index < -0.39 is 0 Å². The van der Waals surface area contributed by atoms with Gasteiger partial charge in [0.15, 0.2) is 5.76 Å². The van der Waals surface area contributed by atoms with Crippen LogP contribution >= 0.6 is 0 Å². The highest BCUT2D eigenvalue weighted by molar-refractivity contribution is 6.04. The van der Waals surface area contributed by atoms with E-state index in [1.165, 1.54) is 0 Å². The van der Waals surface area contributed by atoms with Crippen molar-refractivity contribution >= 4 is 17.4 Å². The number of rotatable bonds is 4. The molecule has 0 radical (unpaired) electrons. The maximum atomic E-state index is 12.4. The zero-order valence-corrected chi connectivity index (χ0v) is 15.4. The Kier molecular flexibility index (Phi) is 4.58. The van der Waals surface area contributed by atoms with Gasteiger partial charge in [-0.05, 0) is 50.5 Å². The van der Waals surface area contributed by atoms with Gasteiger partial charge < -0.3 is 14.7 Å². The normalized spacial score (nSPS) is 13.3. The van der Waals surface area contributed by atoms with Gasteiger partial charge in [0.2, 0.25) is 0 Å². The summed E-state index contributed by atoms with van der Waals surface area (Å²) in [4.78, 5) is 23.4. The lowest BCUT2D eigenvalue weighted by molar-refractivity contribution is 0.102. The number of amides is 1. The molecule has 0 fully saturated rings. The van der Waals surface area contributed by atoms with E-state index in [0.717, 1.165) is 47.8 Å². The van der Waals surface area contributed by atoms with Crippen molar-refractivity contribution in [3.63, 3.8) is 0 Å². The van der Waals surface area contributed by atoms with Crippen LogP contribution in [-0.2, 0) is 13.0 Å².